The predicted octanol–water partition coefficient (Wildman–Crippen LogP) is 4.35. The normalized spacial score (nSPS) is 9.58. The van der Waals surface area contributed by atoms with Gasteiger partial charge in [0, 0.05) is 16.5 Å². The van der Waals surface area contributed by atoms with Crippen LogP contribution in [0.4, 0.5) is 0 Å². The van der Waals surface area contributed by atoms with Crippen LogP contribution in [0.1, 0.15) is 23.5 Å². The van der Waals surface area contributed by atoms with Crippen LogP contribution >= 0.6 is 11.8 Å². The summed E-state index contributed by atoms with van der Waals surface area (Å²) >= 11 is 1.68. The topological polar surface area (TPSA) is 39.2 Å². The molecule has 0 spiro atoms. The lowest BCUT2D eigenvalue weighted by molar-refractivity contribution is 0.112. The van der Waals surface area contributed by atoms with Gasteiger partial charge in [0.15, 0.2) is 6.29 Å². The molecule has 0 atom stereocenters. The molecule has 4 heteroatoms. The van der Waals surface area contributed by atoms with Gasteiger partial charge in [-0.1, -0.05) is 7.43 Å². The Morgan fingerprint density at radius 3 is 2.37 bits per heavy atom. The molecular weight excluding hydrogens is 258 g/mol. The van der Waals surface area contributed by atoms with Crippen LogP contribution in [0.5, 0.6) is 11.6 Å². The fourth-order valence-electron chi connectivity index (χ4n) is 1.49. The summed E-state index contributed by atoms with van der Waals surface area (Å²) in [6.07, 6.45) is 2.82. The Morgan fingerprint density at radius 2 is 1.84 bits per heavy atom. The highest BCUT2D eigenvalue weighted by Crippen LogP contribution is 2.23. The zero-order valence-corrected chi connectivity index (χ0v) is 11.0. The highest BCUT2D eigenvalue weighted by atomic mass is 32.2. The molecule has 1 aromatic heterocycles. The number of nitrogens with zero attached hydrogens (tertiary/aromatic N) is 1. The van der Waals surface area contributed by atoms with Gasteiger partial charge in [-0.25, -0.2) is 4.98 Å². The highest BCUT2D eigenvalue weighted by molar-refractivity contribution is 7.98. The number of thioether (sulfide) groups is 1. The number of aromatic nitrogens is 1. The van der Waals surface area contributed by atoms with E-state index in [4.69, 9.17) is 4.74 Å². The molecule has 0 fully saturated rings. The second kappa shape index (κ2) is 6.95. The number of benzene rings is 1. The van der Waals surface area contributed by atoms with Crippen molar-refractivity contribution in [3.8, 4) is 11.6 Å². The number of pyridine rings is 1. The summed E-state index contributed by atoms with van der Waals surface area (Å²) in [5, 5.41) is 0. The van der Waals surface area contributed by atoms with E-state index < -0.39 is 0 Å². The van der Waals surface area contributed by atoms with Gasteiger partial charge in [0.2, 0.25) is 5.88 Å². The highest BCUT2D eigenvalue weighted by Gasteiger charge is 2.03. The standard InChI is InChI=1S/C14H13NO2S.CH4/c1-10-11(9-16)3-8-14(15-10)17-12-4-6-13(18-2)7-5-12;/h3-9H,1-2H3;1H4. The Hall–Kier alpha value is -1.81. The lowest BCUT2D eigenvalue weighted by Gasteiger charge is -2.06. The fraction of sp³-hybridized carbons (Fsp3) is 0.200. The molecule has 0 N–H and O–H groups in total. The molecule has 0 saturated carbocycles. The van der Waals surface area contributed by atoms with Gasteiger partial charge in [-0.05, 0) is 43.5 Å². The molecular formula is C15H17NO2S. The van der Waals surface area contributed by atoms with Gasteiger partial charge in [-0.2, -0.15) is 0 Å². The molecule has 0 bridgehead atoms. The fourth-order valence-corrected chi connectivity index (χ4v) is 1.90. The van der Waals surface area contributed by atoms with Crippen molar-refractivity contribution in [2.75, 3.05) is 6.26 Å². The summed E-state index contributed by atoms with van der Waals surface area (Å²) < 4.78 is 5.62. The van der Waals surface area contributed by atoms with E-state index in [1.165, 1.54) is 4.90 Å². The summed E-state index contributed by atoms with van der Waals surface area (Å²) in [4.78, 5) is 16.1. The van der Waals surface area contributed by atoms with Gasteiger partial charge < -0.3 is 4.74 Å². The van der Waals surface area contributed by atoms with Crippen LogP contribution in [0, 0.1) is 6.92 Å². The lowest BCUT2D eigenvalue weighted by Crippen LogP contribution is -1.94. The van der Waals surface area contributed by atoms with Crippen LogP contribution in [-0.2, 0) is 0 Å². The predicted molar refractivity (Wildman–Crippen MR) is 79.4 cm³/mol. The first-order chi connectivity index (χ1) is 8.72. The van der Waals surface area contributed by atoms with Gasteiger partial charge in [0.05, 0.1) is 5.69 Å². The van der Waals surface area contributed by atoms with Crippen LogP contribution in [-0.4, -0.2) is 17.5 Å². The van der Waals surface area contributed by atoms with Crippen molar-refractivity contribution in [1.82, 2.24) is 4.98 Å². The number of hydrogen-bond donors (Lipinski definition) is 0. The minimum Gasteiger partial charge on any atom is -0.439 e. The van der Waals surface area contributed by atoms with E-state index in [1.54, 1.807) is 30.8 Å². The third-order valence-corrected chi connectivity index (χ3v) is 3.25. The minimum absolute atomic E-state index is 0. The van der Waals surface area contributed by atoms with Gasteiger partial charge in [0.1, 0.15) is 5.75 Å². The van der Waals surface area contributed by atoms with E-state index in [2.05, 4.69) is 4.98 Å². The Morgan fingerprint density at radius 1 is 1.16 bits per heavy atom. The van der Waals surface area contributed by atoms with E-state index in [9.17, 15) is 4.79 Å². The number of carbonyl (C=O) groups excluding carboxylic acids is 1. The monoisotopic (exact) mass is 275 g/mol. The first-order valence-corrected chi connectivity index (χ1v) is 6.70. The van der Waals surface area contributed by atoms with Crippen LogP contribution in [0.15, 0.2) is 41.3 Å². The lowest BCUT2D eigenvalue weighted by atomic mass is 10.2. The Labute approximate surface area is 118 Å². The number of aldehydes is 1. The second-order valence-electron chi connectivity index (χ2n) is 3.72. The number of hydrogen-bond acceptors (Lipinski definition) is 4. The van der Waals surface area contributed by atoms with Crippen molar-refractivity contribution in [1.29, 1.82) is 0 Å². The van der Waals surface area contributed by atoms with Crippen molar-refractivity contribution >= 4 is 18.0 Å². The van der Waals surface area contributed by atoms with Crippen molar-refractivity contribution in [2.24, 2.45) is 0 Å². The zero-order chi connectivity index (χ0) is 13.0. The summed E-state index contributed by atoms with van der Waals surface area (Å²) in [5.41, 5.74) is 1.25. The number of aryl methyl sites for hydroxylation is 1. The molecule has 2 rings (SSSR count). The molecule has 0 aliphatic carbocycles. The third-order valence-electron chi connectivity index (χ3n) is 2.51. The van der Waals surface area contributed by atoms with Crippen molar-refractivity contribution in [2.45, 2.75) is 19.2 Å². The summed E-state index contributed by atoms with van der Waals surface area (Å²) in [6.45, 7) is 1.79. The molecule has 0 radical (unpaired) electrons. The maximum absolute atomic E-state index is 10.7. The smallest absolute Gasteiger partial charge is 0.219 e. The van der Waals surface area contributed by atoms with Gasteiger partial charge >= 0.3 is 0 Å². The number of ether oxygens (including phenoxy) is 1. The van der Waals surface area contributed by atoms with E-state index >= 15 is 0 Å². The van der Waals surface area contributed by atoms with Crippen LogP contribution < -0.4 is 4.74 Å². The van der Waals surface area contributed by atoms with Gasteiger partial charge in [-0.3, -0.25) is 4.79 Å². The van der Waals surface area contributed by atoms with Crippen molar-refractivity contribution in [3.63, 3.8) is 0 Å². The molecule has 2 aromatic rings. The molecule has 0 saturated heterocycles. The molecule has 0 aliphatic rings. The number of carbonyl (C=O) groups is 1. The molecule has 100 valence electrons. The third kappa shape index (κ3) is 3.83. The average Bonchev–Trinajstić information content (AvgIpc) is 2.40. The SMILES string of the molecule is C.CSc1ccc(Oc2ccc(C=O)c(C)n2)cc1. The Kier molecular flexibility index (Phi) is 5.57. The Balaban J connectivity index is 0.00000180. The quantitative estimate of drug-likeness (QED) is 0.614. The van der Waals surface area contributed by atoms with Gasteiger partial charge in [-0.15, -0.1) is 11.8 Å². The van der Waals surface area contributed by atoms with Crippen molar-refractivity contribution in [3.05, 3.63) is 47.7 Å². The first kappa shape index (κ1) is 15.2. The second-order valence-corrected chi connectivity index (χ2v) is 4.60. The minimum atomic E-state index is 0. The molecule has 0 aliphatic heterocycles. The van der Waals surface area contributed by atoms with E-state index in [1.807, 2.05) is 30.5 Å². The molecule has 1 heterocycles. The molecule has 19 heavy (non-hydrogen) atoms. The van der Waals surface area contributed by atoms with E-state index in [0.29, 0.717) is 17.1 Å². The first-order valence-electron chi connectivity index (χ1n) is 5.47. The maximum Gasteiger partial charge on any atom is 0.219 e. The van der Waals surface area contributed by atoms with Gasteiger partial charge in [0.25, 0.3) is 0 Å². The molecule has 1 aromatic carbocycles. The molecule has 3 nitrogen and oxygen atoms in total. The van der Waals surface area contributed by atoms with Crippen LogP contribution in [0.2, 0.25) is 0 Å². The molecule has 0 amide bonds. The van der Waals surface area contributed by atoms with E-state index in [-0.39, 0.29) is 7.43 Å². The van der Waals surface area contributed by atoms with Crippen LogP contribution in [0.3, 0.4) is 0 Å². The molecule has 0 unspecified atom stereocenters. The Bertz CT molecular complexity index is 553. The largest absolute Gasteiger partial charge is 0.439 e. The summed E-state index contributed by atoms with van der Waals surface area (Å²) in [5.74, 6) is 1.23. The number of rotatable bonds is 4. The van der Waals surface area contributed by atoms with Crippen molar-refractivity contribution < 1.29 is 9.53 Å². The van der Waals surface area contributed by atoms with Crippen LogP contribution in [0.25, 0.3) is 0 Å². The average molecular weight is 275 g/mol. The van der Waals surface area contributed by atoms with E-state index in [0.717, 1.165) is 12.0 Å². The summed E-state index contributed by atoms with van der Waals surface area (Å²) in [6, 6.07) is 11.2. The maximum atomic E-state index is 10.7. The zero-order valence-electron chi connectivity index (χ0n) is 10.2. The summed E-state index contributed by atoms with van der Waals surface area (Å²) in [7, 11) is 0.